The number of rotatable bonds is 2. The standard InChI is InChI=1S/C10H16N2/c1-7(8(2)11)9-4-3-5-10(12)6-9/h3-8H,11-12H2,1-2H3. The second-order valence-corrected chi connectivity index (χ2v) is 3.32. The van der Waals surface area contributed by atoms with Gasteiger partial charge in [-0.1, -0.05) is 19.1 Å². The first-order chi connectivity index (χ1) is 5.61. The molecule has 0 aliphatic rings. The van der Waals surface area contributed by atoms with Crippen molar-refractivity contribution in [3.63, 3.8) is 0 Å². The largest absolute Gasteiger partial charge is 0.399 e. The van der Waals surface area contributed by atoms with E-state index in [1.165, 1.54) is 5.56 Å². The smallest absolute Gasteiger partial charge is 0.0316 e. The summed E-state index contributed by atoms with van der Waals surface area (Å²) < 4.78 is 0. The zero-order chi connectivity index (χ0) is 9.14. The molecule has 0 heterocycles. The SMILES string of the molecule is CC(N)C(C)c1cccc(N)c1. The summed E-state index contributed by atoms with van der Waals surface area (Å²) in [7, 11) is 0. The van der Waals surface area contributed by atoms with E-state index in [1.54, 1.807) is 0 Å². The van der Waals surface area contributed by atoms with Gasteiger partial charge in [-0.25, -0.2) is 0 Å². The van der Waals surface area contributed by atoms with Gasteiger partial charge in [0.15, 0.2) is 0 Å². The van der Waals surface area contributed by atoms with Crippen LogP contribution < -0.4 is 11.5 Å². The molecule has 0 aliphatic carbocycles. The third-order valence-corrected chi connectivity index (χ3v) is 2.23. The molecular weight excluding hydrogens is 148 g/mol. The Balaban J connectivity index is 2.88. The second-order valence-electron chi connectivity index (χ2n) is 3.32. The number of hydrogen-bond donors (Lipinski definition) is 2. The van der Waals surface area contributed by atoms with Gasteiger partial charge in [0, 0.05) is 11.7 Å². The Morgan fingerprint density at radius 2 is 1.92 bits per heavy atom. The van der Waals surface area contributed by atoms with Gasteiger partial charge in [-0.15, -0.1) is 0 Å². The van der Waals surface area contributed by atoms with Crippen LogP contribution in [0.15, 0.2) is 24.3 Å². The van der Waals surface area contributed by atoms with E-state index >= 15 is 0 Å². The van der Waals surface area contributed by atoms with Crippen molar-refractivity contribution >= 4 is 5.69 Å². The summed E-state index contributed by atoms with van der Waals surface area (Å²) in [5.74, 6) is 0.369. The van der Waals surface area contributed by atoms with E-state index < -0.39 is 0 Å². The van der Waals surface area contributed by atoms with Crippen molar-refractivity contribution in [2.75, 3.05) is 5.73 Å². The molecular formula is C10H16N2. The van der Waals surface area contributed by atoms with Crippen LogP contribution in [-0.4, -0.2) is 6.04 Å². The highest BCUT2D eigenvalue weighted by Gasteiger charge is 2.09. The Hall–Kier alpha value is -1.02. The normalized spacial score (nSPS) is 15.6. The van der Waals surface area contributed by atoms with Crippen molar-refractivity contribution in [3.8, 4) is 0 Å². The maximum Gasteiger partial charge on any atom is 0.0316 e. The van der Waals surface area contributed by atoms with Crippen LogP contribution >= 0.6 is 0 Å². The minimum Gasteiger partial charge on any atom is -0.399 e. The first-order valence-electron chi connectivity index (χ1n) is 4.22. The minimum absolute atomic E-state index is 0.173. The third-order valence-electron chi connectivity index (χ3n) is 2.23. The average molecular weight is 164 g/mol. The molecule has 0 saturated heterocycles. The van der Waals surface area contributed by atoms with Crippen LogP contribution in [0, 0.1) is 0 Å². The zero-order valence-corrected chi connectivity index (χ0v) is 7.62. The molecule has 2 unspecified atom stereocenters. The van der Waals surface area contributed by atoms with Crippen molar-refractivity contribution in [2.24, 2.45) is 5.73 Å². The van der Waals surface area contributed by atoms with Crippen molar-refractivity contribution in [2.45, 2.75) is 25.8 Å². The predicted molar refractivity (Wildman–Crippen MR) is 52.9 cm³/mol. The highest BCUT2D eigenvalue weighted by molar-refractivity contribution is 5.41. The number of anilines is 1. The van der Waals surface area contributed by atoms with E-state index in [9.17, 15) is 0 Å². The molecule has 0 aromatic heterocycles. The Morgan fingerprint density at radius 3 is 2.42 bits per heavy atom. The lowest BCUT2D eigenvalue weighted by Gasteiger charge is -2.15. The van der Waals surface area contributed by atoms with Gasteiger partial charge >= 0.3 is 0 Å². The molecule has 1 rings (SSSR count). The molecule has 66 valence electrons. The maximum absolute atomic E-state index is 5.78. The van der Waals surface area contributed by atoms with Crippen molar-refractivity contribution < 1.29 is 0 Å². The van der Waals surface area contributed by atoms with Crippen LogP contribution in [0.2, 0.25) is 0 Å². The van der Waals surface area contributed by atoms with Gasteiger partial charge in [-0.3, -0.25) is 0 Å². The molecule has 12 heavy (non-hydrogen) atoms. The molecule has 4 N–H and O–H groups in total. The summed E-state index contributed by atoms with van der Waals surface area (Å²) in [6.45, 7) is 4.12. The lowest BCUT2D eigenvalue weighted by atomic mass is 9.95. The summed E-state index contributed by atoms with van der Waals surface area (Å²) in [6.07, 6.45) is 0. The van der Waals surface area contributed by atoms with Gasteiger partial charge < -0.3 is 11.5 Å². The topological polar surface area (TPSA) is 52.0 Å². The van der Waals surface area contributed by atoms with Crippen molar-refractivity contribution in [3.05, 3.63) is 29.8 Å². The molecule has 0 aliphatic heterocycles. The quantitative estimate of drug-likeness (QED) is 0.654. The molecule has 0 radical (unpaired) electrons. The molecule has 2 atom stereocenters. The first-order valence-corrected chi connectivity index (χ1v) is 4.22. The summed E-state index contributed by atoms with van der Waals surface area (Å²) >= 11 is 0. The van der Waals surface area contributed by atoms with Gasteiger partial charge in [0.1, 0.15) is 0 Å². The predicted octanol–water partition coefficient (Wildman–Crippen LogP) is 1.72. The van der Waals surface area contributed by atoms with Crippen molar-refractivity contribution in [1.82, 2.24) is 0 Å². The van der Waals surface area contributed by atoms with E-state index in [2.05, 4.69) is 13.0 Å². The van der Waals surface area contributed by atoms with Gasteiger partial charge in [0.05, 0.1) is 0 Å². The number of nitrogens with two attached hydrogens (primary N) is 2. The van der Waals surface area contributed by atoms with Gasteiger partial charge in [-0.2, -0.15) is 0 Å². The molecule has 2 heteroatoms. The number of hydrogen-bond acceptors (Lipinski definition) is 2. The van der Waals surface area contributed by atoms with Crippen LogP contribution in [0.5, 0.6) is 0 Å². The maximum atomic E-state index is 5.78. The Bertz CT molecular complexity index is 256. The summed E-state index contributed by atoms with van der Waals surface area (Å²) in [4.78, 5) is 0. The average Bonchev–Trinajstić information content (AvgIpc) is 2.03. The van der Waals surface area contributed by atoms with E-state index in [-0.39, 0.29) is 6.04 Å². The number of benzene rings is 1. The van der Waals surface area contributed by atoms with Crippen LogP contribution in [0.4, 0.5) is 5.69 Å². The molecule has 1 aromatic carbocycles. The molecule has 2 nitrogen and oxygen atoms in total. The Kier molecular flexibility index (Phi) is 2.71. The fourth-order valence-electron chi connectivity index (χ4n) is 1.15. The van der Waals surface area contributed by atoms with Gasteiger partial charge in [-0.05, 0) is 30.5 Å². The monoisotopic (exact) mass is 164 g/mol. The first kappa shape index (κ1) is 9.07. The van der Waals surface area contributed by atoms with Crippen molar-refractivity contribution in [1.29, 1.82) is 0 Å². The van der Waals surface area contributed by atoms with Gasteiger partial charge in [0.2, 0.25) is 0 Å². The summed E-state index contributed by atoms with van der Waals surface area (Å²) in [6, 6.07) is 8.06. The van der Waals surface area contributed by atoms with E-state index in [4.69, 9.17) is 11.5 Å². The van der Waals surface area contributed by atoms with Crippen LogP contribution in [0.1, 0.15) is 25.3 Å². The minimum atomic E-state index is 0.173. The fraction of sp³-hybridized carbons (Fsp3) is 0.400. The molecule has 0 bridgehead atoms. The van der Waals surface area contributed by atoms with Gasteiger partial charge in [0.25, 0.3) is 0 Å². The fourth-order valence-corrected chi connectivity index (χ4v) is 1.15. The van der Waals surface area contributed by atoms with E-state index in [0.29, 0.717) is 5.92 Å². The molecule has 0 spiro atoms. The lowest BCUT2D eigenvalue weighted by molar-refractivity contribution is 0.613. The highest BCUT2D eigenvalue weighted by atomic mass is 14.6. The second kappa shape index (κ2) is 3.59. The molecule has 1 aromatic rings. The summed E-state index contributed by atoms with van der Waals surface area (Å²) in [5.41, 5.74) is 13.5. The molecule has 0 fully saturated rings. The summed E-state index contributed by atoms with van der Waals surface area (Å²) in [5, 5.41) is 0. The zero-order valence-electron chi connectivity index (χ0n) is 7.62. The third kappa shape index (κ3) is 1.98. The van der Waals surface area contributed by atoms with Crippen LogP contribution in [-0.2, 0) is 0 Å². The van der Waals surface area contributed by atoms with Crippen LogP contribution in [0.25, 0.3) is 0 Å². The van der Waals surface area contributed by atoms with E-state index in [0.717, 1.165) is 5.69 Å². The molecule has 0 amide bonds. The van der Waals surface area contributed by atoms with Crippen LogP contribution in [0.3, 0.4) is 0 Å². The highest BCUT2D eigenvalue weighted by Crippen LogP contribution is 2.19. The Morgan fingerprint density at radius 1 is 1.25 bits per heavy atom. The Labute approximate surface area is 73.6 Å². The van der Waals surface area contributed by atoms with E-state index in [1.807, 2.05) is 25.1 Å². The number of nitrogen functional groups attached to an aromatic ring is 1. The lowest BCUT2D eigenvalue weighted by Crippen LogP contribution is -2.22. The molecule has 0 saturated carbocycles.